The molecule has 0 atom stereocenters. The SMILES string of the molecule is CCOC(=O)Nc1ccc(NC(=O)c2sccc2Br)cc1. The van der Waals surface area contributed by atoms with Crippen LogP contribution in [0.1, 0.15) is 16.6 Å². The quantitative estimate of drug-likeness (QED) is 0.843. The van der Waals surface area contributed by atoms with Crippen molar-refractivity contribution >= 4 is 50.6 Å². The summed E-state index contributed by atoms with van der Waals surface area (Å²) in [6.45, 7) is 2.05. The lowest BCUT2D eigenvalue weighted by Gasteiger charge is -2.07. The number of thiophene rings is 1. The van der Waals surface area contributed by atoms with Crippen molar-refractivity contribution in [3.63, 3.8) is 0 Å². The van der Waals surface area contributed by atoms with Gasteiger partial charge in [-0.15, -0.1) is 11.3 Å². The monoisotopic (exact) mass is 368 g/mol. The molecule has 0 fully saturated rings. The predicted molar refractivity (Wildman–Crippen MR) is 87.1 cm³/mol. The minimum absolute atomic E-state index is 0.178. The molecular formula is C14H13BrN2O3S. The highest BCUT2D eigenvalue weighted by atomic mass is 79.9. The van der Waals surface area contributed by atoms with Crippen LogP contribution in [0.25, 0.3) is 0 Å². The molecule has 2 N–H and O–H groups in total. The van der Waals surface area contributed by atoms with E-state index in [9.17, 15) is 9.59 Å². The van der Waals surface area contributed by atoms with Crippen LogP contribution in [0, 0.1) is 0 Å². The highest BCUT2D eigenvalue weighted by molar-refractivity contribution is 9.10. The summed E-state index contributed by atoms with van der Waals surface area (Å²) in [5, 5.41) is 7.21. The summed E-state index contributed by atoms with van der Waals surface area (Å²) < 4.78 is 5.55. The van der Waals surface area contributed by atoms with Crippen molar-refractivity contribution in [2.75, 3.05) is 17.2 Å². The molecular weight excluding hydrogens is 356 g/mol. The lowest BCUT2D eigenvalue weighted by atomic mass is 10.2. The van der Waals surface area contributed by atoms with E-state index in [4.69, 9.17) is 4.74 Å². The average Bonchev–Trinajstić information content (AvgIpc) is 2.87. The summed E-state index contributed by atoms with van der Waals surface area (Å²) in [5.74, 6) is -0.178. The third-order valence-corrected chi connectivity index (χ3v) is 4.32. The number of hydrogen-bond donors (Lipinski definition) is 2. The van der Waals surface area contributed by atoms with E-state index in [1.54, 1.807) is 31.2 Å². The Bertz CT molecular complexity index is 640. The molecule has 2 rings (SSSR count). The van der Waals surface area contributed by atoms with Crippen molar-refractivity contribution in [3.05, 3.63) is 45.1 Å². The molecule has 1 aromatic carbocycles. The number of amides is 2. The number of ether oxygens (including phenoxy) is 1. The summed E-state index contributed by atoms with van der Waals surface area (Å²) in [5.41, 5.74) is 1.25. The first kappa shape index (κ1) is 15.5. The van der Waals surface area contributed by atoms with E-state index in [0.29, 0.717) is 22.9 Å². The Balaban J connectivity index is 1.98. The zero-order valence-electron chi connectivity index (χ0n) is 11.2. The van der Waals surface area contributed by atoms with Gasteiger partial charge < -0.3 is 10.1 Å². The van der Waals surface area contributed by atoms with Crippen LogP contribution in [0.3, 0.4) is 0 Å². The second-order valence-electron chi connectivity index (χ2n) is 3.97. The van der Waals surface area contributed by atoms with Crippen LogP contribution < -0.4 is 10.6 Å². The highest BCUT2D eigenvalue weighted by Crippen LogP contribution is 2.24. The van der Waals surface area contributed by atoms with E-state index in [1.165, 1.54) is 11.3 Å². The van der Waals surface area contributed by atoms with Crippen molar-refractivity contribution < 1.29 is 14.3 Å². The molecule has 2 aromatic rings. The number of rotatable bonds is 4. The first-order chi connectivity index (χ1) is 10.1. The summed E-state index contributed by atoms with van der Waals surface area (Å²) in [4.78, 5) is 23.9. The van der Waals surface area contributed by atoms with Crippen molar-refractivity contribution in [2.45, 2.75) is 6.92 Å². The number of carbonyl (C=O) groups is 2. The van der Waals surface area contributed by atoms with Gasteiger partial charge in [0.25, 0.3) is 5.91 Å². The zero-order valence-corrected chi connectivity index (χ0v) is 13.6. The van der Waals surface area contributed by atoms with Crippen LogP contribution >= 0.6 is 27.3 Å². The minimum atomic E-state index is -0.503. The number of carbonyl (C=O) groups excluding carboxylic acids is 2. The lowest BCUT2D eigenvalue weighted by molar-refractivity contribution is 0.103. The molecule has 5 nitrogen and oxygen atoms in total. The minimum Gasteiger partial charge on any atom is -0.450 e. The van der Waals surface area contributed by atoms with Gasteiger partial charge in [-0.1, -0.05) is 0 Å². The van der Waals surface area contributed by atoms with Gasteiger partial charge in [0.1, 0.15) is 4.88 Å². The van der Waals surface area contributed by atoms with Gasteiger partial charge in [-0.25, -0.2) is 4.79 Å². The highest BCUT2D eigenvalue weighted by Gasteiger charge is 2.11. The molecule has 1 aromatic heterocycles. The molecule has 0 unspecified atom stereocenters. The molecule has 0 spiro atoms. The van der Waals surface area contributed by atoms with Crippen molar-refractivity contribution in [1.29, 1.82) is 0 Å². The van der Waals surface area contributed by atoms with Crippen molar-refractivity contribution in [2.24, 2.45) is 0 Å². The van der Waals surface area contributed by atoms with E-state index in [2.05, 4.69) is 26.6 Å². The maximum Gasteiger partial charge on any atom is 0.411 e. The van der Waals surface area contributed by atoms with E-state index in [-0.39, 0.29) is 5.91 Å². The van der Waals surface area contributed by atoms with E-state index in [1.807, 2.05) is 11.4 Å². The molecule has 0 radical (unpaired) electrons. The molecule has 21 heavy (non-hydrogen) atoms. The normalized spacial score (nSPS) is 10.0. The molecule has 1 heterocycles. The molecule has 0 aliphatic rings. The number of hydrogen-bond acceptors (Lipinski definition) is 4. The Labute approximate surface area is 134 Å². The molecule has 7 heteroatoms. The second-order valence-corrected chi connectivity index (χ2v) is 5.75. The molecule has 0 aliphatic heterocycles. The van der Waals surface area contributed by atoms with Crippen LogP contribution in [0.15, 0.2) is 40.2 Å². The van der Waals surface area contributed by atoms with Gasteiger partial charge in [0.2, 0.25) is 0 Å². The number of halogens is 1. The number of nitrogens with one attached hydrogen (secondary N) is 2. The summed E-state index contributed by atoms with van der Waals surface area (Å²) in [7, 11) is 0. The Kier molecular flexibility index (Phi) is 5.35. The fraction of sp³-hybridized carbons (Fsp3) is 0.143. The van der Waals surface area contributed by atoms with Crippen molar-refractivity contribution in [3.8, 4) is 0 Å². The zero-order chi connectivity index (χ0) is 15.2. The summed E-state index contributed by atoms with van der Waals surface area (Å²) in [6, 6.07) is 8.62. The van der Waals surface area contributed by atoms with E-state index < -0.39 is 6.09 Å². The van der Waals surface area contributed by atoms with Gasteiger partial charge in [-0.05, 0) is 58.6 Å². The van der Waals surface area contributed by atoms with E-state index >= 15 is 0 Å². The van der Waals surface area contributed by atoms with E-state index in [0.717, 1.165) is 4.47 Å². The lowest BCUT2D eigenvalue weighted by Crippen LogP contribution is -2.13. The molecule has 0 aliphatic carbocycles. The van der Waals surface area contributed by atoms with Crippen LogP contribution in [0.4, 0.5) is 16.2 Å². The van der Waals surface area contributed by atoms with Crippen LogP contribution in [0.2, 0.25) is 0 Å². The van der Waals surface area contributed by atoms with Gasteiger partial charge in [-0.3, -0.25) is 10.1 Å². The first-order valence-electron chi connectivity index (χ1n) is 6.18. The Morgan fingerprint density at radius 3 is 2.29 bits per heavy atom. The third kappa shape index (κ3) is 4.30. The maximum atomic E-state index is 12.0. The topological polar surface area (TPSA) is 67.4 Å². The Morgan fingerprint density at radius 1 is 1.14 bits per heavy atom. The fourth-order valence-electron chi connectivity index (χ4n) is 1.57. The standard InChI is InChI=1S/C14H13BrN2O3S/c1-2-20-14(19)17-10-5-3-9(4-6-10)16-13(18)12-11(15)7-8-21-12/h3-8H,2H2,1H3,(H,16,18)(H,17,19). The largest absolute Gasteiger partial charge is 0.450 e. The van der Waals surface area contributed by atoms with Crippen LogP contribution in [-0.2, 0) is 4.74 Å². The van der Waals surface area contributed by atoms with Gasteiger partial charge >= 0.3 is 6.09 Å². The number of benzene rings is 1. The maximum absolute atomic E-state index is 12.0. The van der Waals surface area contributed by atoms with Gasteiger partial charge in [0.05, 0.1) is 6.61 Å². The van der Waals surface area contributed by atoms with Gasteiger partial charge in [0.15, 0.2) is 0 Å². The molecule has 110 valence electrons. The molecule has 2 amide bonds. The van der Waals surface area contributed by atoms with Crippen LogP contribution in [0.5, 0.6) is 0 Å². The summed E-state index contributed by atoms with van der Waals surface area (Å²) >= 11 is 4.68. The third-order valence-electron chi connectivity index (χ3n) is 2.49. The fourth-order valence-corrected chi connectivity index (χ4v) is 3.01. The van der Waals surface area contributed by atoms with Gasteiger partial charge in [0, 0.05) is 15.8 Å². The summed E-state index contributed by atoms with van der Waals surface area (Å²) in [6.07, 6.45) is -0.503. The van der Waals surface area contributed by atoms with Crippen LogP contribution in [-0.4, -0.2) is 18.6 Å². The Morgan fingerprint density at radius 2 is 1.76 bits per heavy atom. The molecule has 0 bridgehead atoms. The molecule has 0 saturated heterocycles. The predicted octanol–water partition coefficient (Wildman–Crippen LogP) is 4.33. The first-order valence-corrected chi connectivity index (χ1v) is 7.85. The van der Waals surface area contributed by atoms with Crippen molar-refractivity contribution in [1.82, 2.24) is 0 Å². The van der Waals surface area contributed by atoms with Gasteiger partial charge in [-0.2, -0.15) is 0 Å². The smallest absolute Gasteiger partial charge is 0.411 e. The average molecular weight is 369 g/mol. The molecule has 0 saturated carbocycles. The Hall–Kier alpha value is -1.86. The number of anilines is 2. The second kappa shape index (κ2) is 7.24.